The van der Waals surface area contributed by atoms with E-state index >= 15 is 0 Å². The van der Waals surface area contributed by atoms with Gasteiger partial charge >= 0.3 is 0 Å². The summed E-state index contributed by atoms with van der Waals surface area (Å²) in [7, 11) is 0. The SMILES string of the molecule is CC(C)(O)CCNc1ccc(F)cc1C#N. The standard InChI is InChI=1S/C12H15FN2O/c1-12(2,16)5-6-15-11-4-3-10(13)7-9(11)8-14/h3-4,7,15-16H,5-6H2,1-2H3. The monoisotopic (exact) mass is 222 g/mol. The van der Waals surface area contributed by atoms with E-state index in [9.17, 15) is 9.50 Å². The van der Waals surface area contributed by atoms with Gasteiger partial charge in [0, 0.05) is 6.54 Å². The first kappa shape index (κ1) is 12.5. The van der Waals surface area contributed by atoms with E-state index in [0.717, 1.165) is 0 Å². The molecule has 0 aliphatic heterocycles. The molecular weight excluding hydrogens is 207 g/mol. The van der Waals surface area contributed by atoms with Crippen molar-refractivity contribution in [1.29, 1.82) is 5.26 Å². The lowest BCUT2D eigenvalue weighted by molar-refractivity contribution is 0.0749. The molecule has 86 valence electrons. The van der Waals surface area contributed by atoms with Crippen LogP contribution in [-0.4, -0.2) is 17.3 Å². The van der Waals surface area contributed by atoms with Crippen molar-refractivity contribution in [1.82, 2.24) is 0 Å². The lowest BCUT2D eigenvalue weighted by Crippen LogP contribution is -2.22. The maximum Gasteiger partial charge on any atom is 0.124 e. The van der Waals surface area contributed by atoms with Crippen molar-refractivity contribution < 1.29 is 9.50 Å². The highest BCUT2D eigenvalue weighted by Crippen LogP contribution is 2.16. The first-order chi connectivity index (χ1) is 7.42. The van der Waals surface area contributed by atoms with E-state index in [0.29, 0.717) is 18.7 Å². The highest BCUT2D eigenvalue weighted by Gasteiger charge is 2.12. The van der Waals surface area contributed by atoms with Crippen LogP contribution < -0.4 is 5.32 Å². The molecule has 0 saturated heterocycles. The Balaban J connectivity index is 2.65. The van der Waals surface area contributed by atoms with Crippen LogP contribution in [0.1, 0.15) is 25.8 Å². The second-order valence-electron chi connectivity index (χ2n) is 4.29. The Bertz CT molecular complexity index is 404. The summed E-state index contributed by atoms with van der Waals surface area (Å²) in [5, 5.41) is 21.3. The van der Waals surface area contributed by atoms with Gasteiger partial charge in [0.1, 0.15) is 11.9 Å². The summed E-state index contributed by atoms with van der Waals surface area (Å²) in [6.45, 7) is 3.96. The summed E-state index contributed by atoms with van der Waals surface area (Å²) in [5.74, 6) is -0.426. The van der Waals surface area contributed by atoms with Gasteiger partial charge in [-0.1, -0.05) is 0 Å². The van der Waals surface area contributed by atoms with Gasteiger partial charge in [-0.15, -0.1) is 0 Å². The molecule has 0 aromatic heterocycles. The first-order valence-corrected chi connectivity index (χ1v) is 5.08. The minimum atomic E-state index is -0.750. The Hall–Kier alpha value is -1.60. The van der Waals surface area contributed by atoms with Crippen LogP contribution in [0, 0.1) is 17.1 Å². The number of nitrogens with zero attached hydrogens (tertiary/aromatic N) is 1. The average molecular weight is 222 g/mol. The molecule has 0 aliphatic carbocycles. The van der Waals surface area contributed by atoms with Crippen LogP contribution in [0.4, 0.5) is 10.1 Å². The molecular formula is C12H15FN2O. The fourth-order valence-corrected chi connectivity index (χ4v) is 1.27. The molecule has 16 heavy (non-hydrogen) atoms. The molecule has 2 N–H and O–H groups in total. The number of hydrogen-bond donors (Lipinski definition) is 2. The predicted octanol–water partition coefficient (Wildman–Crippen LogP) is 2.27. The van der Waals surface area contributed by atoms with E-state index in [-0.39, 0.29) is 5.56 Å². The third-order valence-corrected chi connectivity index (χ3v) is 2.15. The zero-order valence-electron chi connectivity index (χ0n) is 9.42. The van der Waals surface area contributed by atoms with Crippen LogP contribution in [0.15, 0.2) is 18.2 Å². The number of nitriles is 1. The Morgan fingerprint density at radius 3 is 2.75 bits per heavy atom. The molecule has 0 atom stereocenters. The Morgan fingerprint density at radius 2 is 2.19 bits per heavy atom. The molecule has 0 bridgehead atoms. The van der Waals surface area contributed by atoms with Gasteiger partial charge in [0.2, 0.25) is 0 Å². The fourth-order valence-electron chi connectivity index (χ4n) is 1.27. The molecule has 0 aliphatic rings. The van der Waals surface area contributed by atoms with Crippen LogP contribution in [0.25, 0.3) is 0 Å². The largest absolute Gasteiger partial charge is 0.390 e. The van der Waals surface area contributed by atoms with Gasteiger partial charge in [-0.2, -0.15) is 5.26 Å². The zero-order chi connectivity index (χ0) is 12.2. The van der Waals surface area contributed by atoms with E-state index in [1.807, 2.05) is 6.07 Å². The normalized spacial score (nSPS) is 10.9. The van der Waals surface area contributed by atoms with Crippen LogP contribution in [0.2, 0.25) is 0 Å². The molecule has 1 aromatic rings. The van der Waals surface area contributed by atoms with Crippen molar-refractivity contribution in [3.8, 4) is 6.07 Å². The highest BCUT2D eigenvalue weighted by atomic mass is 19.1. The van der Waals surface area contributed by atoms with E-state index in [1.165, 1.54) is 18.2 Å². The third-order valence-electron chi connectivity index (χ3n) is 2.15. The molecule has 0 fully saturated rings. The minimum Gasteiger partial charge on any atom is -0.390 e. The summed E-state index contributed by atoms with van der Waals surface area (Å²) in [4.78, 5) is 0. The number of nitrogens with one attached hydrogen (secondary N) is 1. The molecule has 0 heterocycles. The Kier molecular flexibility index (Phi) is 3.86. The van der Waals surface area contributed by atoms with Gasteiger partial charge in [-0.3, -0.25) is 0 Å². The zero-order valence-corrected chi connectivity index (χ0v) is 9.42. The number of anilines is 1. The van der Waals surface area contributed by atoms with Crippen LogP contribution >= 0.6 is 0 Å². The smallest absolute Gasteiger partial charge is 0.124 e. The van der Waals surface area contributed by atoms with E-state index in [1.54, 1.807) is 13.8 Å². The van der Waals surface area contributed by atoms with E-state index < -0.39 is 11.4 Å². The maximum absolute atomic E-state index is 12.8. The quantitative estimate of drug-likeness (QED) is 0.821. The predicted molar refractivity (Wildman–Crippen MR) is 60.5 cm³/mol. The summed E-state index contributed by atoms with van der Waals surface area (Å²) in [6, 6.07) is 5.93. The van der Waals surface area contributed by atoms with Crippen LogP contribution in [0.3, 0.4) is 0 Å². The molecule has 0 saturated carbocycles. The lowest BCUT2D eigenvalue weighted by Gasteiger charge is -2.17. The van der Waals surface area contributed by atoms with E-state index in [2.05, 4.69) is 5.32 Å². The number of hydrogen-bond acceptors (Lipinski definition) is 3. The van der Waals surface area contributed by atoms with Gasteiger partial charge in [-0.05, 0) is 38.5 Å². The van der Waals surface area contributed by atoms with Crippen LogP contribution in [-0.2, 0) is 0 Å². The van der Waals surface area contributed by atoms with Crippen molar-refractivity contribution in [3.63, 3.8) is 0 Å². The topological polar surface area (TPSA) is 56.0 Å². The van der Waals surface area contributed by atoms with Crippen molar-refractivity contribution in [2.24, 2.45) is 0 Å². The summed E-state index contributed by atoms with van der Waals surface area (Å²) in [6.07, 6.45) is 0.551. The Morgan fingerprint density at radius 1 is 1.50 bits per heavy atom. The first-order valence-electron chi connectivity index (χ1n) is 5.08. The highest BCUT2D eigenvalue weighted by molar-refractivity contribution is 5.57. The molecule has 0 spiro atoms. The van der Waals surface area contributed by atoms with Crippen molar-refractivity contribution in [3.05, 3.63) is 29.6 Å². The van der Waals surface area contributed by atoms with Crippen molar-refractivity contribution in [2.45, 2.75) is 25.9 Å². The van der Waals surface area contributed by atoms with Gasteiger partial charge < -0.3 is 10.4 Å². The van der Waals surface area contributed by atoms with Gasteiger partial charge in [0.15, 0.2) is 0 Å². The average Bonchev–Trinajstić information content (AvgIpc) is 2.18. The number of halogens is 1. The summed E-state index contributed by atoms with van der Waals surface area (Å²) < 4.78 is 12.8. The second-order valence-corrected chi connectivity index (χ2v) is 4.29. The molecule has 1 aromatic carbocycles. The molecule has 0 amide bonds. The van der Waals surface area contributed by atoms with Crippen LogP contribution in [0.5, 0.6) is 0 Å². The maximum atomic E-state index is 12.8. The summed E-state index contributed by atoms with van der Waals surface area (Å²) in [5.41, 5.74) is 0.115. The third kappa shape index (κ3) is 3.87. The van der Waals surface area contributed by atoms with E-state index in [4.69, 9.17) is 5.26 Å². The number of aliphatic hydroxyl groups is 1. The van der Waals surface area contributed by atoms with Gasteiger partial charge in [-0.25, -0.2) is 4.39 Å². The summed E-state index contributed by atoms with van der Waals surface area (Å²) >= 11 is 0. The molecule has 1 rings (SSSR count). The number of benzene rings is 1. The van der Waals surface area contributed by atoms with Crippen molar-refractivity contribution in [2.75, 3.05) is 11.9 Å². The second kappa shape index (κ2) is 4.95. The number of rotatable bonds is 4. The fraction of sp³-hybridized carbons (Fsp3) is 0.417. The van der Waals surface area contributed by atoms with Crippen molar-refractivity contribution >= 4 is 5.69 Å². The minimum absolute atomic E-state index is 0.274. The molecule has 0 radical (unpaired) electrons. The van der Waals surface area contributed by atoms with Gasteiger partial charge in [0.25, 0.3) is 0 Å². The van der Waals surface area contributed by atoms with Gasteiger partial charge in [0.05, 0.1) is 16.9 Å². The molecule has 4 heteroatoms. The molecule has 0 unspecified atom stereocenters. The Labute approximate surface area is 94.5 Å². The molecule has 3 nitrogen and oxygen atoms in total. The lowest BCUT2D eigenvalue weighted by atomic mass is 10.1.